The number of hydrogen-bond acceptors (Lipinski definition) is 10. The summed E-state index contributed by atoms with van der Waals surface area (Å²) in [6.07, 6.45) is -5.50. The van der Waals surface area contributed by atoms with Crippen LogP contribution in [-0.2, 0) is 4.74 Å². The number of phenolic OH excluding ortho intramolecular Hbond substituents is 5. The largest absolute Gasteiger partial charge is 1.00 e. The fraction of sp³-hybridized carbons (Fsp3) is 0.250. The summed E-state index contributed by atoms with van der Waals surface area (Å²) in [5.41, 5.74) is 0.0346. The molecule has 172 valence electrons. The Balaban J connectivity index is 0.00000289. The van der Waals surface area contributed by atoms with E-state index in [1.54, 1.807) is 0 Å². The zero-order chi connectivity index (χ0) is 22.4. The minimum absolute atomic E-state index is 0. The van der Waals surface area contributed by atoms with Crippen LogP contribution < -0.4 is 17.1 Å². The quantitative estimate of drug-likeness (QED) is 0.151. The Morgan fingerprint density at radius 2 is 1.53 bits per heavy atom. The lowest BCUT2D eigenvalue weighted by molar-refractivity contribution is -0.116. The molecule has 4 atom stereocenters. The van der Waals surface area contributed by atoms with Crippen molar-refractivity contribution >= 4 is 11.0 Å². The number of phenols is 5. The number of aliphatic hydroxyl groups is 3. The van der Waals surface area contributed by atoms with Crippen molar-refractivity contribution in [3.05, 3.63) is 30.3 Å². The van der Waals surface area contributed by atoms with Crippen molar-refractivity contribution in [1.29, 1.82) is 0 Å². The van der Waals surface area contributed by atoms with E-state index in [1.165, 1.54) is 12.1 Å². The second kappa shape index (κ2) is 8.73. The van der Waals surface area contributed by atoms with Crippen molar-refractivity contribution in [2.24, 2.45) is 0 Å². The molecule has 0 aliphatic carbocycles. The van der Waals surface area contributed by atoms with Crippen molar-refractivity contribution in [3.8, 4) is 45.8 Å². The first kappa shape index (κ1) is 23.4. The number of ether oxygens (including phenoxy) is 2. The lowest BCUT2D eigenvalue weighted by Gasteiger charge is -2.16. The van der Waals surface area contributed by atoms with Gasteiger partial charge in [0.1, 0.15) is 35.2 Å². The van der Waals surface area contributed by atoms with Crippen LogP contribution in [0.15, 0.2) is 34.7 Å². The third-order valence-corrected chi connectivity index (χ3v) is 4.89. The van der Waals surface area contributed by atoms with Crippen LogP contribution in [0, 0.1) is 0 Å². The number of hydrogen-bond donors (Lipinski definition) is 8. The first-order chi connectivity index (χ1) is 14.7. The highest BCUT2D eigenvalue weighted by molar-refractivity contribution is 5.88. The molecule has 0 spiro atoms. The highest BCUT2D eigenvalue weighted by Crippen LogP contribution is 2.44. The van der Waals surface area contributed by atoms with Gasteiger partial charge in [0.2, 0.25) is 12.0 Å². The summed E-state index contributed by atoms with van der Waals surface area (Å²) in [4.78, 5) is 0. The molecule has 11 nitrogen and oxygen atoms in total. The van der Waals surface area contributed by atoms with Crippen LogP contribution in [0.3, 0.4) is 0 Å². The smallest absolute Gasteiger partial charge is 0.402 e. The third-order valence-electron chi connectivity index (χ3n) is 4.89. The molecule has 2 aromatic carbocycles. The van der Waals surface area contributed by atoms with E-state index < -0.39 is 48.5 Å². The molecule has 12 heteroatoms. The van der Waals surface area contributed by atoms with Crippen LogP contribution in [0.5, 0.6) is 34.5 Å². The maximum absolute atomic E-state index is 10.2. The molecule has 4 rings (SSSR count). The predicted octanol–water partition coefficient (Wildman–Crippen LogP) is -2.27. The molecule has 4 unspecified atom stereocenters. The summed E-state index contributed by atoms with van der Waals surface area (Å²) < 4.78 is 16.7. The van der Waals surface area contributed by atoms with Gasteiger partial charge in [-0.3, -0.25) is 0 Å². The second-order valence-corrected chi connectivity index (χ2v) is 7.00. The molecule has 0 amide bonds. The standard InChI is InChI=1S/C20H18O11.ClH/c21-6-15-17(27)18(28)20(31-15)30-14-5-9-10(23)3-8(22)4-13(9)29-19(14)7-1-11(24)16(26)12(25)2-7;/h1-5,15,17-18,20-21,27-28H,6H2,(H4-,22,23,24,25,26);1H. The molecule has 32 heavy (non-hydrogen) atoms. The van der Waals surface area contributed by atoms with E-state index in [-0.39, 0.29) is 51.9 Å². The topological polar surface area (TPSA) is 192 Å². The van der Waals surface area contributed by atoms with Gasteiger partial charge in [0.05, 0.1) is 18.2 Å². The fourth-order valence-electron chi connectivity index (χ4n) is 3.30. The molecule has 0 saturated carbocycles. The van der Waals surface area contributed by atoms with Crippen molar-refractivity contribution in [2.45, 2.75) is 24.6 Å². The maximum atomic E-state index is 10.2. The van der Waals surface area contributed by atoms with E-state index >= 15 is 0 Å². The zero-order valence-corrected chi connectivity index (χ0v) is 16.8. The van der Waals surface area contributed by atoms with Gasteiger partial charge in [-0.1, -0.05) is 0 Å². The third kappa shape index (κ3) is 3.99. The summed E-state index contributed by atoms with van der Waals surface area (Å²) in [5.74, 6) is -3.02. The lowest BCUT2D eigenvalue weighted by atomic mass is 10.1. The lowest BCUT2D eigenvalue weighted by Crippen LogP contribution is -3.00. The van der Waals surface area contributed by atoms with Gasteiger partial charge < -0.3 is 62.7 Å². The molecule has 3 aromatic rings. The summed E-state index contributed by atoms with van der Waals surface area (Å²) in [6, 6.07) is 5.68. The van der Waals surface area contributed by atoms with Crippen LogP contribution >= 0.6 is 0 Å². The molecule has 0 radical (unpaired) electrons. The normalized spacial score (nSPS) is 22.6. The summed E-state index contributed by atoms with van der Waals surface area (Å²) in [7, 11) is 0. The average molecular weight is 471 g/mol. The average Bonchev–Trinajstić information content (AvgIpc) is 2.99. The molecule has 1 aliphatic heterocycles. The van der Waals surface area contributed by atoms with E-state index in [2.05, 4.69) is 0 Å². The molecule has 2 heterocycles. The fourth-order valence-corrected chi connectivity index (χ4v) is 3.30. The van der Waals surface area contributed by atoms with Gasteiger partial charge in [0, 0.05) is 24.3 Å². The number of aromatic hydroxyl groups is 5. The van der Waals surface area contributed by atoms with Gasteiger partial charge in [-0.25, -0.2) is 4.42 Å². The molecule has 1 aliphatic rings. The Hall–Kier alpha value is -3.22. The van der Waals surface area contributed by atoms with Crippen molar-refractivity contribution in [1.82, 2.24) is 0 Å². The van der Waals surface area contributed by atoms with E-state index in [1.807, 2.05) is 0 Å². The number of halogens is 1. The van der Waals surface area contributed by atoms with E-state index in [9.17, 15) is 40.9 Å². The van der Waals surface area contributed by atoms with Gasteiger partial charge in [0.25, 0.3) is 0 Å². The number of rotatable bonds is 4. The Bertz CT molecular complexity index is 1130. The molecular weight excluding hydrogens is 452 g/mol. The molecular formula is C20H19ClO11. The maximum Gasteiger partial charge on any atom is 0.402 e. The predicted molar refractivity (Wildman–Crippen MR) is 103 cm³/mol. The molecule has 1 saturated heterocycles. The summed E-state index contributed by atoms with van der Waals surface area (Å²) in [5, 5.41) is 78.7. The Kier molecular flexibility index (Phi) is 6.39. The van der Waals surface area contributed by atoms with Crippen molar-refractivity contribution < 1.29 is 67.2 Å². The Labute approximate surface area is 186 Å². The van der Waals surface area contributed by atoms with Crippen LogP contribution in [0.4, 0.5) is 0 Å². The number of benzene rings is 2. The molecule has 1 fully saturated rings. The van der Waals surface area contributed by atoms with Crippen molar-refractivity contribution in [3.63, 3.8) is 0 Å². The Morgan fingerprint density at radius 1 is 0.875 bits per heavy atom. The minimum Gasteiger partial charge on any atom is -1.00 e. The highest BCUT2D eigenvalue weighted by Gasteiger charge is 2.45. The minimum atomic E-state index is -1.53. The Morgan fingerprint density at radius 3 is 2.12 bits per heavy atom. The van der Waals surface area contributed by atoms with E-state index in [0.29, 0.717) is 0 Å². The first-order valence-electron chi connectivity index (χ1n) is 9.07. The van der Waals surface area contributed by atoms with E-state index in [4.69, 9.17) is 13.9 Å². The van der Waals surface area contributed by atoms with Gasteiger partial charge in [-0.2, -0.15) is 0 Å². The van der Waals surface area contributed by atoms with Gasteiger partial charge in [0.15, 0.2) is 17.2 Å². The monoisotopic (exact) mass is 470 g/mol. The highest BCUT2D eigenvalue weighted by atomic mass is 35.5. The van der Waals surface area contributed by atoms with Gasteiger partial charge in [-0.15, -0.1) is 0 Å². The first-order valence-corrected chi connectivity index (χ1v) is 9.07. The SMILES string of the molecule is OCC1OC(Oc2cc3c(O)cc(O)cc3[o+]c2-c2cc(O)c(O)c(O)c2)C(O)C1O.[Cl-]. The van der Waals surface area contributed by atoms with Crippen LogP contribution in [0.2, 0.25) is 0 Å². The second-order valence-electron chi connectivity index (χ2n) is 7.00. The van der Waals surface area contributed by atoms with Crippen LogP contribution in [-0.4, -0.2) is 72.1 Å². The number of aliphatic hydroxyl groups excluding tert-OH is 3. The molecule has 8 N–H and O–H groups in total. The van der Waals surface area contributed by atoms with Crippen LogP contribution in [0.25, 0.3) is 22.3 Å². The summed E-state index contributed by atoms with van der Waals surface area (Å²) in [6.45, 7) is -0.577. The molecule has 0 bridgehead atoms. The van der Waals surface area contributed by atoms with Crippen LogP contribution in [0.1, 0.15) is 0 Å². The molecule has 1 aromatic heterocycles. The summed E-state index contributed by atoms with van der Waals surface area (Å²) >= 11 is 0. The number of fused-ring (bicyclic) bond motifs is 1. The van der Waals surface area contributed by atoms with E-state index in [0.717, 1.165) is 18.2 Å². The zero-order valence-electron chi connectivity index (χ0n) is 16.1. The van der Waals surface area contributed by atoms with Gasteiger partial charge in [-0.05, 0) is 0 Å². The van der Waals surface area contributed by atoms with Gasteiger partial charge >= 0.3 is 11.3 Å². The van der Waals surface area contributed by atoms with Crippen molar-refractivity contribution in [2.75, 3.05) is 6.61 Å².